The summed E-state index contributed by atoms with van der Waals surface area (Å²) in [6.07, 6.45) is 0. The second-order valence-electron chi connectivity index (χ2n) is 6.15. The van der Waals surface area contributed by atoms with Crippen molar-refractivity contribution in [1.82, 2.24) is 4.90 Å². The van der Waals surface area contributed by atoms with Crippen LogP contribution >= 0.6 is 0 Å². The quantitative estimate of drug-likeness (QED) is 0.778. The number of oxime groups is 1. The fraction of sp³-hybridized carbons (Fsp3) is 0.500. The van der Waals surface area contributed by atoms with Crippen LogP contribution in [0.3, 0.4) is 0 Å². The average molecular weight is 274 g/mol. The van der Waals surface area contributed by atoms with Crippen LogP contribution in [-0.2, 0) is 9.63 Å². The van der Waals surface area contributed by atoms with Crippen molar-refractivity contribution < 1.29 is 9.63 Å². The molecular weight excluding hydrogens is 252 g/mol. The van der Waals surface area contributed by atoms with Crippen molar-refractivity contribution in [2.75, 3.05) is 7.11 Å². The maximum atomic E-state index is 12.6. The molecule has 1 heterocycles. The van der Waals surface area contributed by atoms with E-state index in [9.17, 15) is 4.79 Å². The highest BCUT2D eigenvalue weighted by Gasteiger charge is 2.48. The lowest BCUT2D eigenvalue weighted by atomic mass is 9.89. The Kier molecular flexibility index (Phi) is 3.84. The number of amides is 1. The first kappa shape index (κ1) is 14.6. The average Bonchev–Trinajstić information content (AvgIpc) is 2.63. The molecule has 1 saturated heterocycles. The Labute approximate surface area is 120 Å². The van der Waals surface area contributed by atoms with Crippen molar-refractivity contribution in [1.29, 1.82) is 0 Å². The summed E-state index contributed by atoms with van der Waals surface area (Å²) in [4.78, 5) is 19.4. The van der Waals surface area contributed by atoms with E-state index in [4.69, 9.17) is 4.84 Å². The Morgan fingerprint density at radius 3 is 2.30 bits per heavy atom. The lowest BCUT2D eigenvalue weighted by Crippen LogP contribution is -2.46. The number of rotatable bonds is 2. The molecule has 108 valence electrons. The zero-order valence-corrected chi connectivity index (χ0v) is 12.8. The van der Waals surface area contributed by atoms with E-state index < -0.39 is 0 Å². The number of carbonyl (C=O) groups excluding carboxylic acids is 1. The van der Waals surface area contributed by atoms with E-state index in [1.807, 2.05) is 58.0 Å². The van der Waals surface area contributed by atoms with E-state index >= 15 is 0 Å². The molecule has 0 aromatic heterocycles. The molecule has 1 amide bonds. The summed E-state index contributed by atoms with van der Waals surface area (Å²) in [6, 6.07) is 10.0. The van der Waals surface area contributed by atoms with Gasteiger partial charge in [0.05, 0.1) is 5.92 Å². The van der Waals surface area contributed by atoms with Crippen LogP contribution in [0.25, 0.3) is 0 Å². The van der Waals surface area contributed by atoms with Gasteiger partial charge in [-0.25, -0.2) is 0 Å². The molecule has 4 heteroatoms. The number of carbonyl (C=O) groups is 1. The molecule has 0 saturated carbocycles. The van der Waals surface area contributed by atoms with Crippen LogP contribution in [0.1, 0.15) is 39.2 Å². The first-order valence-corrected chi connectivity index (χ1v) is 6.88. The molecule has 1 aromatic carbocycles. The molecular formula is C16H22N2O2. The van der Waals surface area contributed by atoms with Gasteiger partial charge in [-0.15, -0.1) is 0 Å². The van der Waals surface area contributed by atoms with Crippen LogP contribution in [0.2, 0.25) is 0 Å². The third-order valence-electron chi connectivity index (χ3n) is 3.63. The molecule has 0 radical (unpaired) electrons. The highest BCUT2D eigenvalue weighted by Crippen LogP contribution is 2.39. The molecule has 2 atom stereocenters. The first-order valence-electron chi connectivity index (χ1n) is 6.88. The minimum absolute atomic E-state index is 0.0529. The van der Waals surface area contributed by atoms with Crippen molar-refractivity contribution in [3.8, 4) is 0 Å². The van der Waals surface area contributed by atoms with Gasteiger partial charge in [0.2, 0.25) is 5.91 Å². The standard InChI is InChI=1S/C16H22N2O2/c1-11-13(12-9-7-6-8-10-12)14(17-20-5)18(15(11)19)16(2,3)4/h6-11,13H,1-5H3/t11-,13-/m0/s1. The van der Waals surface area contributed by atoms with Gasteiger partial charge < -0.3 is 4.84 Å². The molecule has 0 unspecified atom stereocenters. The minimum atomic E-state index is -0.313. The van der Waals surface area contributed by atoms with Crippen LogP contribution in [-0.4, -0.2) is 29.3 Å². The van der Waals surface area contributed by atoms with E-state index in [0.29, 0.717) is 5.84 Å². The summed E-state index contributed by atoms with van der Waals surface area (Å²) in [5, 5.41) is 4.15. The van der Waals surface area contributed by atoms with Crippen molar-refractivity contribution in [3.05, 3.63) is 35.9 Å². The largest absolute Gasteiger partial charge is 0.398 e. The molecule has 2 rings (SSSR count). The van der Waals surface area contributed by atoms with Crippen molar-refractivity contribution in [2.24, 2.45) is 11.1 Å². The topological polar surface area (TPSA) is 41.9 Å². The van der Waals surface area contributed by atoms with Gasteiger partial charge in [-0.1, -0.05) is 42.4 Å². The Bertz CT molecular complexity index is 517. The van der Waals surface area contributed by atoms with Gasteiger partial charge in [0.15, 0.2) is 5.84 Å². The molecule has 0 spiro atoms. The predicted octanol–water partition coefficient (Wildman–Crippen LogP) is 3.01. The van der Waals surface area contributed by atoms with E-state index in [1.54, 1.807) is 4.90 Å². The molecule has 0 bridgehead atoms. The molecule has 0 aliphatic carbocycles. The Hall–Kier alpha value is -1.84. The molecule has 1 fully saturated rings. The first-order chi connectivity index (χ1) is 9.38. The SMILES string of the molecule is CON=C1[C@H](c2ccccc2)[C@H](C)C(=O)N1C(C)(C)C. The smallest absolute Gasteiger partial charge is 0.232 e. The summed E-state index contributed by atoms with van der Waals surface area (Å²) >= 11 is 0. The number of likely N-dealkylation sites (tertiary alicyclic amines) is 1. The summed E-state index contributed by atoms with van der Waals surface area (Å²) < 4.78 is 0. The molecule has 1 aliphatic rings. The Morgan fingerprint density at radius 1 is 1.20 bits per heavy atom. The van der Waals surface area contributed by atoms with E-state index in [1.165, 1.54) is 7.11 Å². The van der Waals surface area contributed by atoms with E-state index in [0.717, 1.165) is 5.56 Å². The summed E-state index contributed by atoms with van der Waals surface area (Å²) in [5.41, 5.74) is 0.780. The highest BCUT2D eigenvalue weighted by atomic mass is 16.6. The van der Waals surface area contributed by atoms with Gasteiger partial charge in [-0.05, 0) is 26.3 Å². The normalized spacial score (nSPS) is 25.4. The summed E-state index contributed by atoms with van der Waals surface area (Å²) in [5.74, 6) is 0.610. The van der Waals surface area contributed by atoms with Crippen molar-refractivity contribution >= 4 is 11.7 Å². The van der Waals surface area contributed by atoms with Crippen molar-refractivity contribution in [2.45, 2.75) is 39.2 Å². The fourth-order valence-electron chi connectivity index (χ4n) is 2.79. The molecule has 20 heavy (non-hydrogen) atoms. The highest BCUT2D eigenvalue weighted by molar-refractivity contribution is 6.10. The number of benzene rings is 1. The number of amidine groups is 1. The lowest BCUT2D eigenvalue weighted by molar-refractivity contribution is -0.132. The number of nitrogens with zero attached hydrogens (tertiary/aromatic N) is 2. The Balaban J connectivity index is 2.52. The number of hydrogen-bond acceptors (Lipinski definition) is 3. The van der Waals surface area contributed by atoms with Gasteiger partial charge in [0.1, 0.15) is 7.11 Å². The third kappa shape index (κ3) is 2.42. The summed E-state index contributed by atoms with van der Waals surface area (Å²) in [7, 11) is 1.52. The van der Waals surface area contributed by atoms with Gasteiger partial charge in [-0.2, -0.15) is 0 Å². The third-order valence-corrected chi connectivity index (χ3v) is 3.63. The molecule has 0 N–H and O–H groups in total. The zero-order valence-electron chi connectivity index (χ0n) is 12.8. The monoisotopic (exact) mass is 274 g/mol. The van der Waals surface area contributed by atoms with Gasteiger partial charge in [-0.3, -0.25) is 9.69 Å². The Morgan fingerprint density at radius 2 is 1.80 bits per heavy atom. The van der Waals surface area contributed by atoms with Crippen LogP contribution in [0.15, 0.2) is 35.5 Å². The summed E-state index contributed by atoms with van der Waals surface area (Å²) in [6.45, 7) is 7.99. The van der Waals surface area contributed by atoms with Crippen LogP contribution in [0.4, 0.5) is 0 Å². The lowest BCUT2D eigenvalue weighted by Gasteiger charge is -2.32. The van der Waals surface area contributed by atoms with Gasteiger partial charge >= 0.3 is 0 Å². The molecule has 1 aromatic rings. The zero-order chi connectivity index (χ0) is 14.9. The second kappa shape index (κ2) is 5.27. The van der Waals surface area contributed by atoms with E-state index in [-0.39, 0.29) is 23.3 Å². The fourth-order valence-corrected chi connectivity index (χ4v) is 2.79. The minimum Gasteiger partial charge on any atom is -0.398 e. The van der Waals surface area contributed by atoms with Gasteiger partial charge in [0.25, 0.3) is 0 Å². The predicted molar refractivity (Wildman–Crippen MR) is 79.4 cm³/mol. The van der Waals surface area contributed by atoms with Crippen LogP contribution in [0, 0.1) is 5.92 Å². The second-order valence-corrected chi connectivity index (χ2v) is 6.15. The van der Waals surface area contributed by atoms with Crippen molar-refractivity contribution in [3.63, 3.8) is 0 Å². The number of hydrogen-bond donors (Lipinski definition) is 0. The molecule has 1 aliphatic heterocycles. The maximum Gasteiger partial charge on any atom is 0.232 e. The van der Waals surface area contributed by atoms with E-state index in [2.05, 4.69) is 5.16 Å². The molecule has 4 nitrogen and oxygen atoms in total. The van der Waals surface area contributed by atoms with Crippen LogP contribution in [0.5, 0.6) is 0 Å². The van der Waals surface area contributed by atoms with Gasteiger partial charge in [0, 0.05) is 11.5 Å². The van der Waals surface area contributed by atoms with Crippen LogP contribution < -0.4 is 0 Å². The maximum absolute atomic E-state index is 12.6.